The molecule has 3 rings (SSSR count). The third-order valence-electron chi connectivity index (χ3n) is 5.82. The monoisotopic (exact) mass is 316 g/mol. The molecular formula is C20H25ClO. The lowest BCUT2D eigenvalue weighted by molar-refractivity contribution is 0.108. The van der Waals surface area contributed by atoms with Gasteiger partial charge in [-0.1, -0.05) is 18.2 Å². The summed E-state index contributed by atoms with van der Waals surface area (Å²) in [7, 11) is 0. The fraction of sp³-hybridized carbons (Fsp3) is 0.550. The predicted molar refractivity (Wildman–Crippen MR) is 92.4 cm³/mol. The van der Waals surface area contributed by atoms with Gasteiger partial charge in [0, 0.05) is 5.56 Å². The van der Waals surface area contributed by atoms with Crippen LogP contribution in [-0.4, -0.2) is 5.24 Å². The van der Waals surface area contributed by atoms with E-state index in [1.165, 1.54) is 50.5 Å². The van der Waals surface area contributed by atoms with Crippen molar-refractivity contribution in [3.63, 3.8) is 0 Å². The van der Waals surface area contributed by atoms with E-state index < -0.39 is 0 Å². The van der Waals surface area contributed by atoms with Crippen molar-refractivity contribution in [1.29, 1.82) is 0 Å². The van der Waals surface area contributed by atoms with E-state index in [0.29, 0.717) is 11.5 Å². The molecule has 0 bridgehead atoms. The zero-order valence-electron chi connectivity index (χ0n) is 13.1. The highest BCUT2D eigenvalue weighted by molar-refractivity contribution is 6.67. The van der Waals surface area contributed by atoms with Crippen LogP contribution in [0.1, 0.15) is 66.8 Å². The normalized spacial score (nSPS) is 31.3. The summed E-state index contributed by atoms with van der Waals surface area (Å²) >= 11 is 5.53. The van der Waals surface area contributed by atoms with Gasteiger partial charge < -0.3 is 0 Å². The van der Waals surface area contributed by atoms with Gasteiger partial charge in [-0.2, -0.15) is 0 Å². The van der Waals surface area contributed by atoms with Crippen molar-refractivity contribution < 1.29 is 4.79 Å². The molecule has 0 saturated heterocycles. The molecule has 0 aromatic heterocycles. The zero-order chi connectivity index (χ0) is 15.5. The highest BCUT2D eigenvalue weighted by atomic mass is 35.5. The predicted octanol–water partition coefficient (Wildman–Crippen LogP) is 5.94. The van der Waals surface area contributed by atoms with Crippen molar-refractivity contribution in [1.82, 2.24) is 0 Å². The largest absolute Gasteiger partial charge is 0.276 e. The van der Waals surface area contributed by atoms with Gasteiger partial charge in [0.2, 0.25) is 0 Å². The lowest BCUT2D eigenvalue weighted by Crippen LogP contribution is -2.04. The van der Waals surface area contributed by atoms with Gasteiger partial charge >= 0.3 is 0 Å². The molecule has 2 heteroatoms. The van der Waals surface area contributed by atoms with Crippen molar-refractivity contribution in [2.75, 3.05) is 0 Å². The van der Waals surface area contributed by atoms with E-state index in [1.54, 1.807) is 0 Å². The third kappa shape index (κ3) is 3.46. The van der Waals surface area contributed by atoms with E-state index in [4.69, 9.17) is 11.6 Å². The molecule has 0 spiro atoms. The van der Waals surface area contributed by atoms with Gasteiger partial charge in [-0.05, 0) is 97.9 Å². The summed E-state index contributed by atoms with van der Waals surface area (Å²) in [5.41, 5.74) is 1.98. The minimum Gasteiger partial charge on any atom is -0.276 e. The van der Waals surface area contributed by atoms with Gasteiger partial charge in [0.15, 0.2) is 0 Å². The van der Waals surface area contributed by atoms with Gasteiger partial charge in [0.1, 0.15) is 0 Å². The van der Waals surface area contributed by atoms with Crippen LogP contribution in [-0.2, 0) is 0 Å². The molecule has 2 fully saturated rings. The molecule has 0 heterocycles. The fourth-order valence-electron chi connectivity index (χ4n) is 4.67. The minimum absolute atomic E-state index is 0.366. The van der Waals surface area contributed by atoms with Gasteiger partial charge in [0.05, 0.1) is 0 Å². The molecule has 0 amide bonds. The Morgan fingerprint density at radius 1 is 1.09 bits per heavy atom. The van der Waals surface area contributed by atoms with Crippen molar-refractivity contribution in [3.05, 3.63) is 48.0 Å². The standard InChI is InChI=1S/C20H25ClO/c1-2-3-14-12-18-10-6-16(7-11-19(18)13-14)15-4-8-17(9-5-15)20(21)22/h2,4-5,8-9,14,16,18-19H,1,3,6-7,10-13H2. The second-order valence-electron chi connectivity index (χ2n) is 7.13. The molecule has 2 aliphatic rings. The number of hydrogen-bond donors (Lipinski definition) is 0. The van der Waals surface area contributed by atoms with E-state index in [0.717, 1.165) is 17.8 Å². The second-order valence-corrected chi connectivity index (χ2v) is 7.47. The van der Waals surface area contributed by atoms with Crippen LogP contribution in [0.5, 0.6) is 0 Å². The van der Waals surface area contributed by atoms with Crippen molar-refractivity contribution in [2.24, 2.45) is 17.8 Å². The van der Waals surface area contributed by atoms with Gasteiger partial charge in [-0.15, -0.1) is 6.58 Å². The number of benzene rings is 1. The molecule has 2 aliphatic carbocycles. The summed E-state index contributed by atoms with van der Waals surface area (Å²) in [6.45, 7) is 3.90. The molecule has 1 aromatic carbocycles. The Labute approximate surface area is 138 Å². The van der Waals surface area contributed by atoms with Gasteiger partial charge in [-0.3, -0.25) is 4.79 Å². The first-order valence-electron chi connectivity index (χ1n) is 8.58. The maximum absolute atomic E-state index is 11.2. The molecule has 0 aliphatic heterocycles. The lowest BCUT2D eigenvalue weighted by Gasteiger charge is -2.16. The Kier molecular flexibility index (Phi) is 5.03. The van der Waals surface area contributed by atoms with E-state index in [2.05, 4.69) is 24.8 Å². The average molecular weight is 317 g/mol. The van der Waals surface area contributed by atoms with Crippen LogP contribution >= 0.6 is 11.6 Å². The molecule has 22 heavy (non-hydrogen) atoms. The number of halogens is 1. The van der Waals surface area contributed by atoms with Crippen LogP contribution in [0, 0.1) is 17.8 Å². The summed E-state index contributed by atoms with van der Waals surface area (Å²) < 4.78 is 0. The first-order valence-corrected chi connectivity index (χ1v) is 8.96. The Hall–Kier alpha value is -1.08. The van der Waals surface area contributed by atoms with Crippen LogP contribution in [0.2, 0.25) is 0 Å². The quantitative estimate of drug-likeness (QED) is 0.496. The topological polar surface area (TPSA) is 17.1 Å². The highest BCUT2D eigenvalue weighted by Gasteiger charge is 2.35. The Morgan fingerprint density at radius 3 is 2.18 bits per heavy atom. The second kappa shape index (κ2) is 7.00. The number of carbonyl (C=O) groups is 1. The Morgan fingerprint density at radius 2 is 1.68 bits per heavy atom. The number of carbonyl (C=O) groups excluding carboxylic acids is 1. The molecule has 0 radical (unpaired) electrons. The molecule has 1 aromatic rings. The summed E-state index contributed by atoms with van der Waals surface area (Å²) in [5, 5.41) is -0.366. The van der Waals surface area contributed by atoms with Crippen LogP contribution in [0.3, 0.4) is 0 Å². The molecular weight excluding hydrogens is 292 g/mol. The summed E-state index contributed by atoms with van der Waals surface area (Å²) in [6.07, 6.45) is 11.4. The SMILES string of the molecule is C=CCC1CC2CCC(c3ccc(C(=O)Cl)cc3)CCC2C1. The minimum atomic E-state index is -0.366. The van der Waals surface area contributed by atoms with E-state index in [-0.39, 0.29) is 5.24 Å². The number of hydrogen-bond acceptors (Lipinski definition) is 1. The molecule has 1 nitrogen and oxygen atoms in total. The third-order valence-corrected chi connectivity index (χ3v) is 6.04. The van der Waals surface area contributed by atoms with Crippen LogP contribution in [0.15, 0.2) is 36.9 Å². The molecule has 2 saturated carbocycles. The van der Waals surface area contributed by atoms with Crippen LogP contribution in [0.4, 0.5) is 0 Å². The van der Waals surface area contributed by atoms with E-state index >= 15 is 0 Å². The van der Waals surface area contributed by atoms with Crippen LogP contribution < -0.4 is 0 Å². The number of rotatable bonds is 4. The number of allylic oxidation sites excluding steroid dienone is 1. The van der Waals surface area contributed by atoms with Crippen molar-refractivity contribution in [2.45, 2.75) is 50.9 Å². The fourth-order valence-corrected chi connectivity index (χ4v) is 4.79. The van der Waals surface area contributed by atoms with Gasteiger partial charge in [0.25, 0.3) is 5.24 Å². The van der Waals surface area contributed by atoms with E-state index in [1.807, 2.05) is 12.1 Å². The maximum atomic E-state index is 11.2. The smallest absolute Gasteiger partial charge is 0.252 e. The number of fused-ring (bicyclic) bond motifs is 1. The highest BCUT2D eigenvalue weighted by Crippen LogP contribution is 2.48. The summed E-state index contributed by atoms with van der Waals surface area (Å²) in [5.74, 6) is 3.40. The molecule has 2 unspecified atom stereocenters. The lowest BCUT2D eigenvalue weighted by atomic mass is 9.89. The van der Waals surface area contributed by atoms with Crippen molar-refractivity contribution in [3.8, 4) is 0 Å². The summed E-state index contributed by atoms with van der Waals surface area (Å²) in [4.78, 5) is 11.2. The van der Waals surface area contributed by atoms with Crippen molar-refractivity contribution >= 4 is 16.8 Å². The Bertz CT molecular complexity index is 517. The first-order chi connectivity index (χ1) is 10.7. The summed E-state index contributed by atoms with van der Waals surface area (Å²) in [6, 6.07) is 7.94. The maximum Gasteiger partial charge on any atom is 0.252 e. The zero-order valence-corrected chi connectivity index (χ0v) is 13.9. The molecule has 0 N–H and O–H groups in total. The Balaban J connectivity index is 1.62. The molecule has 118 valence electrons. The van der Waals surface area contributed by atoms with E-state index in [9.17, 15) is 4.79 Å². The van der Waals surface area contributed by atoms with Gasteiger partial charge in [-0.25, -0.2) is 0 Å². The molecule has 2 atom stereocenters. The first kappa shape index (κ1) is 15.8. The average Bonchev–Trinajstić information content (AvgIpc) is 2.79. The van der Waals surface area contributed by atoms with Crippen LogP contribution in [0.25, 0.3) is 0 Å².